The van der Waals surface area contributed by atoms with Crippen LogP contribution < -0.4 is 11.1 Å². The van der Waals surface area contributed by atoms with Gasteiger partial charge in [0.1, 0.15) is 0 Å². The zero-order valence-electron chi connectivity index (χ0n) is 16.4. The molecule has 0 bridgehead atoms. The minimum atomic E-state index is -4.64. The summed E-state index contributed by atoms with van der Waals surface area (Å²) >= 11 is 0. The van der Waals surface area contributed by atoms with Crippen molar-refractivity contribution < 1.29 is 18.0 Å². The molecule has 11 heteroatoms. The third kappa shape index (κ3) is 4.91. The van der Waals surface area contributed by atoms with Gasteiger partial charge in [-0.15, -0.1) is 17.5 Å². The van der Waals surface area contributed by atoms with Crippen molar-refractivity contribution in [2.24, 2.45) is 5.73 Å². The number of halogens is 4. The van der Waals surface area contributed by atoms with E-state index in [0.29, 0.717) is 29.9 Å². The monoisotopic (exact) mass is 422 g/mol. The zero-order chi connectivity index (χ0) is 20.4. The van der Waals surface area contributed by atoms with Gasteiger partial charge in [-0.3, -0.25) is 4.79 Å². The molecular weight excluding hydrogens is 397 g/mol. The molecule has 0 aliphatic heterocycles. The van der Waals surface area contributed by atoms with Crippen molar-refractivity contribution in [2.75, 3.05) is 6.54 Å². The summed E-state index contributed by atoms with van der Waals surface area (Å²) in [5.41, 5.74) is 7.07. The van der Waals surface area contributed by atoms with Crippen LogP contribution in [0.3, 0.4) is 0 Å². The first-order valence-corrected chi connectivity index (χ1v) is 8.88. The van der Waals surface area contributed by atoms with E-state index in [0.717, 1.165) is 17.4 Å². The lowest BCUT2D eigenvalue weighted by molar-refractivity contribution is -0.144. The molecule has 28 heavy (non-hydrogen) atoms. The lowest BCUT2D eigenvalue weighted by Crippen LogP contribution is -2.52. The second-order valence-electron chi connectivity index (χ2n) is 6.65. The highest BCUT2D eigenvalue weighted by Crippen LogP contribution is 2.27. The number of hydrogen-bond donors (Lipinski definition) is 2. The second kappa shape index (κ2) is 9.04. The Hall–Kier alpha value is -1.94. The topological polar surface area (TPSA) is 98.2 Å². The van der Waals surface area contributed by atoms with Gasteiger partial charge >= 0.3 is 6.18 Å². The van der Waals surface area contributed by atoms with Gasteiger partial charge in [0.15, 0.2) is 0 Å². The van der Waals surface area contributed by atoms with E-state index in [1.807, 2.05) is 13.8 Å². The fraction of sp³-hybridized carbons (Fsp3) is 0.647. The van der Waals surface area contributed by atoms with Crippen LogP contribution in [0.5, 0.6) is 0 Å². The molecule has 1 amide bonds. The number of carbonyl (C=O) groups excluding carboxylic acids is 1. The number of nitrogens with two attached hydrogens (primary N) is 1. The van der Waals surface area contributed by atoms with Crippen LogP contribution in [0, 0.1) is 13.8 Å². The first-order chi connectivity index (χ1) is 12.6. The third-order valence-electron chi connectivity index (χ3n) is 5.05. The number of nitrogens with zero attached hydrogens (tertiary/aromatic N) is 4. The quantitative estimate of drug-likeness (QED) is 0.714. The Morgan fingerprint density at radius 3 is 2.29 bits per heavy atom. The van der Waals surface area contributed by atoms with Crippen molar-refractivity contribution in [2.45, 2.75) is 65.1 Å². The molecule has 0 saturated carbocycles. The first-order valence-electron chi connectivity index (χ1n) is 8.88. The van der Waals surface area contributed by atoms with Crippen LogP contribution in [0.1, 0.15) is 55.9 Å². The minimum Gasteiger partial charge on any atom is -0.349 e. The summed E-state index contributed by atoms with van der Waals surface area (Å²) in [6.45, 7) is 7.60. The number of nitrogens with one attached hydrogen (secondary N) is 1. The van der Waals surface area contributed by atoms with Crippen molar-refractivity contribution in [3.8, 4) is 0 Å². The van der Waals surface area contributed by atoms with Crippen LogP contribution in [0.2, 0.25) is 0 Å². The third-order valence-corrected chi connectivity index (χ3v) is 5.05. The van der Waals surface area contributed by atoms with Crippen molar-refractivity contribution >= 4 is 24.1 Å². The molecule has 7 nitrogen and oxygen atoms in total. The Morgan fingerprint density at radius 2 is 1.79 bits per heavy atom. The van der Waals surface area contributed by atoms with Crippen LogP contribution >= 0.6 is 12.4 Å². The van der Waals surface area contributed by atoms with E-state index in [9.17, 15) is 18.0 Å². The van der Waals surface area contributed by atoms with Gasteiger partial charge in [-0.05, 0) is 38.7 Å². The number of aromatic nitrogens is 4. The number of amides is 1. The number of fused-ring (bicyclic) bond motifs is 1. The van der Waals surface area contributed by atoms with Gasteiger partial charge in [-0.1, -0.05) is 13.8 Å². The molecule has 0 aliphatic carbocycles. The number of aryl methyl sites for hydroxylation is 2. The first kappa shape index (κ1) is 24.1. The molecule has 0 aliphatic rings. The number of hydrogen-bond acceptors (Lipinski definition) is 5. The van der Waals surface area contributed by atoms with Crippen molar-refractivity contribution in [3.63, 3.8) is 0 Å². The van der Waals surface area contributed by atoms with Crippen molar-refractivity contribution in [3.05, 3.63) is 22.8 Å². The molecule has 2 aromatic rings. The predicted octanol–water partition coefficient (Wildman–Crippen LogP) is 2.75. The van der Waals surface area contributed by atoms with Crippen LogP contribution in [0.15, 0.2) is 0 Å². The number of rotatable bonds is 7. The van der Waals surface area contributed by atoms with E-state index >= 15 is 0 Å². The lowest BCUT2D eigenvalue weighted by Gasteiger charge is -2.31. The fourth-order valence-electron chi connectivity index (χ4n) is 3.05. The number of alkyl halides is 3. The molecule has 3 N–H and O–H groups in total. The van der Waals surface area contributed by atoms with E-state index in [1.165, 1.54) is 0 Å². The summed E-state index contributed by atoms with van der Waals surface area (Å²) in [4.78, 5) is 19.9. The summed E-state index contributed by atoms with van der Waals surface area (Å²) in [5, 5.41) is 6.49. The molecule has 2 heterocycles. The Bertz CT molecular complexity index is 824. The summed E-state index contributed by atoms with van der Waals surface area (Å²) < 4.78 is 39.6. The van der Waals surface area contributed by atoms with Gasteiger partial charge in [0.05, 0.1) is 5.54 Å². The predicted molar refractivity (Wildman–Crippen MR) is 101 cm³/mol. The van der Waals surface area contributed by atoms with E-state index in [1.54, 1.807) is 13.8 Å². The normalized spacial score (nSPS) is 12.1. The Morgan fingerprint density at radius 1 is 1.18 bits per heavy atom. The molecule has 2 aromatic heterocycles. The molecule has 0 fully saturated rings. The molecule has 0 aromatic carbocycles. The molecule has 2 rings (SSSR count). The highest BCUT2D eigenvalue weighted by molar-refractivity contribution is 5.85. The van der Waals surface area contributed by atoms with Crippen molar-refractivity contribution in [1.82, 2.24) is 24.9 Å². The summed E-state index contributed by atoms with van der Waals surface area (Å²) in [6, 6.07) is 0. The van der Waals surface area contributed by atoms with Gasteiger partial charge in [0.2, 0.25) is 5.91 Å². The molecule has 0 radical (unpaired) electrons. The van der Waals surface area contributed by atoms with E-state index in [4.69, 9.17) is 5.73 Å². The van der Waals surface area contributed by atoms with E-state index in [-0.39, 0.29) is 30.5 Å². The maximum absolute atomic E-state index is 12.8. The lowest BCUT2D eigenvalue weighted by atomic mass is 9.92. The smallest absolute Gasteiger partial charge is 0.349 e. The molecule has 158 valence electrons. The highest BCUT2D eigenvalue weighted by Gasteiger charge is 2.37. The second-order valence-corrected chi connectivity index (χ2v) is 6.65. The summed E-state index contributed by atoms with van der Waals surface area (Å²) in [7, 11) is 0. The van der Waals surface area contributed by atoms with Crippen LogP contribution in [-0.2, 0) is 17.4 Å². The average molecular weight is 423 g/mol. The number of carbonyl (C=O) groups is 1. The largest absolute Gasteiger partial charge is 0.453 e. The van der Waals surface area contributed by atoms with Crippen LogP contribution in [0.25, 0.3) is 5.78 Å². The molecular formula is C17H26ClF3N6O. The maximum Gasteiger partial charge on any atom is 0.453 e. The summed E-state index contributed by atoms with van der Waals surface area (Å²) in [6.07, 6.45) is -2.69. The highest BCUT2D eigenvalue weighted by atomic mass is 35.5. The molecule has 0 atom stereocenters. The minimum absolute atomic E-state index is 0. The average Bonchev–Trinajstić information content (AvgIpc) is 3.04. The van der Waals surface area contributed by atoms with E-state index < -0.39 is 17.5 Å². The van der Waals surface area contributed by atoms with Crippen molar-refractivity contribution in [1.29, 1.82) is 0 Å². The van der Waals surface area contributed by atoms with Gasteiger partial charge in [0.25, 0.3) is 11.6 Å². The Labute approximate surface area is 167 Å². The Kier molecular flexibility index (Phi) is 7.78. The molecule has 0 saturated heterocycles. The Balaban J connectivity index is 0.00000392. The van der Waals surface area contributed by atoms with Gasteiger partial charge in [-0.2, -0.15) is 18.2 Å². The SMILES string of the molecule is CCC(CC)(CN)NC(=O)CCc1c(C)nc2nc(C(F)(F)F)nn2c1C.Cl. The maximum atomic E-state index is 12.8. The molecule has 0 unspecified atom stereocenters. The standard InChI is InChI=1S/C17H25F3N6O.ClH/c1-5-16(6-2,9-21)24-13(27)8-7-12-10(3)22-15-23-14(17(18,19)20)25-26(15)11(12)4;/h5-9,21H2,1-4H3,(H,24,27);1H. The van der Waals surface area contributed by atoms with Gasteiger partial charge in [-0.25, -0.2) is 9.50 Å². The van der Waals surface area contributed by atoms with Crippen LogP contribution in [-0.4, -0.2) is 37.6 Å². The zero-order valence-corrected chi connectivity index (χ0v) is 17.2. The van der Waals surface area contributed by atoms with E-state index in [2.05, 4.69) is 20.4 Å². The fourth-order valence-corrected chi connectivity index (χ4v) is 3.05. The van der Waals surface area contributed by atoms with Gasteiger partial charge in [0, 0.05) is 24.4 Å². The van der Waals surface area contributed by atoms with Crippen LogP contribution in [0.4, 0.5) is 13.2 Å². The summed E-state index contributed by atoms with van der Waals surface area (Å²) in [5.74, 6) is -1.49. The molecule has 0 spiro atoms. The van der Waals surface area contributed by atoms with Gasteiger partial charge < -0.3 is 11.1 Å².